The maximum Gasteiger partial charge on any atom is 0.263 e. The Hall–Kier alpha value is -3.18. The maximum absolute atomic E-state index is 13.1. The van der Waals surface area contributed by atoms with Gasteiger partial charge in [0.25, 0.3) is 10.0 Å². The van der Waals surface area contributed by atoms with Gasteiger partial charge in [0.1, 0.15) is 16.4 Å². The second-order valence-corrected chi connectivity index (χ2v) is 10.5. The number of benzene rings is 1. The van der Waals surface area contributed by atoms with Crippen molar-refractivity contribution in [1.82, 2.24) is 14.5 Å². The van der Waals surface area contributed by atoms with Gasteiger partial charge in [0.05, 0.1) is 5.69 Å². The molecule has 1 aliphatic rings. The van der Waals surface area contributed by atoms with E-state index in [1.165, 1.54) is 24.5 Å². The summed E-state index contributed by atoms with van der Waals surface area (Å²) in [7, 11) is -3.91. The third kappa shape index (κ3) is 5.42. The Kier molecular flexibility index (Phi) is 6.52. The number of carbonyl (C=O) groups is 2. The van der Waals surface area contributed by atoms with Crippen LogP contribution in [0, 0.1) is 6.92 Å². The van der Waals surface area contributed by atoms with Crippen LogP contribution in [0.2, 0.25) is 0 Å². The van der Waals surface area contributed by atoms with E-state index in [4.69, 9.17) is 0 Å². The first-order valence-corrected chi connectivity index (χ1v) is 12.9. The highest BCUT2D eigenvalue weighted by atomic mass is 32.2. The number of amides is 2. The van der Waals surface area contributed by atoms with Crippen molar-refractivity contribution in [2.45, 2.75) is 38.1 Å². The number of carbonyl (C=O) groups excluding carboxylic acids is 2. The summed E-state index contributed by atoms with van der Waals surface area (Å²) < 4.78 is 30.4. The molecule has 1 saturated heterocycles. The Morgan fingerprint density at radius 3 is 2.39 bits per heavy atom. The predicted molar refractivity (Wildman–Crippen MR) is 128 cm³/mol. The average molecular weight is 488 g/mol. The molecule has 2 amide bonds. The fourth-order valence-corrected chi connectivity index (χ4v) is 5.59. The van der Waals surface area contributed by atoms with Gasteiger partial charge in [0.2, 0.25) is 11.8 Å². The lowest BCUT2D eigenvalue weighted by atomic mass is 10.3. The van der Waals surface area contributed by atoms with E-state index in [0.29, 0.717) is 22.1 Å². The standard InChI is InChI=1S/C22H25N5O4S2/c1-15-14-32-22(23-15)20-11-19(12-27(20)13-21(29)26-9-3-4-10-26)33(30,31)25-18-7-5-17(6-8-18)24-16(2)28/h5-8,11-12,14,25H,3-4,9-10,13H2,1-2H3,(H,24,28). The zero-order chi connectivity index (χ0) is 23.6. The van der Waals surface area contributed by atoms with Gasteiger partial charge >= 0.3 is 0 Å². The van der Waals surface area contributed by atoms with Crippen molar-refractivity contribution < 1.29 is 18.0 Å². The first-order valence-electron chi connectivity index (χ1n) is 10.5. The van der Waals surface area contributed by atoms with Crippen molar-refractivity contribution in [3.05, 3.63) is 47.6 Å². The summed E-state index contributed by atoms with van der Waals surface area (Å²) in [4.78, 5) is 30.3. The third-order valence-electron chi connectivity index (χ3n) is 5.24. The highest BCUT2D eigenvalue weighted by Gasteiger charge is 2.24. The maximum atomic E-state index is 13.1. The molecular weight excluding hydrogens is 462 g/mol. The number of likely N-dealkylation sites (tertiary alicyclic amines) is 1. The van der Waals surface area contributed by atoms with Crippen LogP contribution in [0.5, 0.6) is 0 Å². The predicted octanol–water partition coefficient (Wildman–Crippen LogP) is 3.30. The number of hydrogen-bond donors (Lipinski definition) is 2. The topological polar surface area (TPSA) is 113 Å². The zero-order valence-corrected chi connectivity index (χ0v) is 20.0. The Morgan fingerprint density at radius 1 is 1.12 bits per heavy atom. The van der Waals surface area contributed by atoms with Crippen LogP contribution in [0.4, 0.5) is 11.4 Å². The van der Waals surface area contributed by atoms with Gasteiger partial charge < -0.3 is 14.8 Å². The Morgan fingerprint density at radius 2 is 1.79 bits per heavy atom. The van der Waals surface area contributed by atoms with Gasteiger partial charge in [0.15, 0.2) is 0 Å². The number of thiazole rings is 1. The lowest BCUT2D eigenvalue weighted by molar-refractivity contribution is -0.130. The fraction of sp³-hybridized carbons (Fsp3) is 0.318. The smallest absolute Gasteiger partial charge is 0.263 e. The van der Waals surface area contributed by atoms with Gasteiger partial charge in [0, 0.05) is 48.7 Å². The van der Waals surface area contributed by atoms with E-state index in [2.05, 4.69) is 15.0 Å². The molecule has 3 heterocycles. The number of sulfonamides is 1. The molecule has 3 aromatic rings. The molecule has 1 aliphatic heterocycles. The summed E-state index contributed by atoms with van der Waals surface area (Å²) in [5.41, 5.74) is 2.34. The highest BCUT2D eigenvalue weighted by molar-refractivity contribution is 7.92. The van der Waals surface area contributed by atoms with E-state index >= 15 is 0 Å². The number of rotatable bonds is 7. The first kappa shape index (κ1) is 23.0. The molecule has 1 fully saturated rings. The lowest BCUT2D eigenvalue weighted by Gasteiger charge is -2.16. The van der Waals surface area contributed by atoms with E-state index in [1.54, 1.807) is 39.8 Å². The molecule has 11 heteroatoms. The van der Waals surface area contributed by atoms with E-state index in [9.17, 15) is 18.0 Å². The van der Waals surface area contributed by atoms with Crippen molar-refractivity contribution >= 4 is 44.5 Å². The van der Waals surface area contributed by atoms with Crippen LogP contribution in [0.1, 0.15) is 25.5 Å². The minimum absolute atomic E-state index is 0.0388. The monoisotopic (exact) mass is 487 g/mol. The normalized spacial score (nSPS) is 13.8. The minimum Gasteiger partial charge on any atom is -0.341 e. The van der Waals surface area contributed by atoms with Crippen LogP contribution < -0.4 is 10.0 Å². The number of aryl methyl sites for hydroxylation is 1. The van der Waals surface area contributed by atoms with E-state index in [0.717, 1.165) is 31.6 Å². The molecule has 4 rings (SSSR count). The number of anilines is 2. The quantitative estimate of drug-likeness (QED) is 0.531. The lowest BCUT2D eigenvalue weighted by Crippen LogP contribution is -2.31. The van der Waals surface area contributed by atoms with Gasteiger partial charge in [-0.1, -0.05) is 0 Å². The van der Waals surface area contributed by atoms with Gasteiger partial charge in [-0.25, -0.2) is 13.4 Å². The summed E-state index contributed by atoms with van der Waals surface area (Å²) in [5.74, 6) is -0.249. The zero-order valence-electron chi connectivity index (χ0n) is 18.4. The average Bonchev–Trinajstić information content (AvgIpc) is 3.49. The molecule has 1 aromatic carbocycles. The van der Waals surface area contributed by atoms with Gasteiger partial charge in [-0.2, -0.15) is 0 Å². The summed E-state index contributed by atoms with van der Waals surface area (Å²) in [6.45, 7) is 4.78. The molecule has 0 unspecified atom stereocenters. The molecule has 0 spiro atoms. The van der Waals surface area contributed by atoms with Crippen LogP contribution in [0.3, 0.4) is 0 Å². The SMILES string of the molecule is CC(=O)Nc1ccc(NS(=O)(=O)c2cc(-c3nc(C)cs3)n(CC(=O)N3CCCC3)c2)cc1. The summed E-state index contributed by atoms with van der Waals surface area (Å²) in [6.07, 6.45) is 3.45. The Balaban J connectivity index is 1.61. The second-order valence-electron chi connectivity index (χ2n) is 7.93. The van der Waals surface area contributed by atoms with Crippen LogP contribution in [0.15, 0.2) is 46.8 Å². The molecule has 0 saturated carbocycles. The molecular formula is C22H25N5O4S2. The minimum atomic E-state index is -3.91. The van der Waals surface area contributed by atoms with Crippen LogP contribution in [-0.2, 0) is 26.2 Å². The van der Waals surface area contributed by atoms with E-state index < -0.39 is 10.0 Å². The van der Waals surface area contributed by atoms with Crippen LogP contribution in [-0.4, -0.2) is 47.8 Å². The Labute approximate surface area is 196 Å². The van der Waals surface area contributed by atoms with Gasteiger partial charge in [-0.3, -0.25) is 14.3 Å². The summed E-state index contributed by atoms with van der Waals surface area (Å²) in [5, 5.41) is 5.18. The van der Waals surface area contributed by atoms with Gasteiger partial charge in [-0.15, -0.1) is 11.3 Å². The van der Waals surface area contributed by atoms with Crippen molar-refractivity contribution in [3.63, 3.8) is 0 Å². The van der Waals surface area contributed by atoms with Crippen molar-refractivity contribution in [2.24, 2.45) is 0 Å². The van der Waals surface area contributed by atoms with E-state index in [-0.39, 0.29) is 23.3 Å². The number of hydrogen-bond acceptors (Lipinski definition) is 6. The molecule has 2 aromatic heterocycles. The number of aromatic nitrogens is 2. The molecule has 0 radical (unpaired) electrons. The number of nitrogens with one attached hydrogen (secondary N) is 2. The van der Waals surface area contributed by atoms with Gasteiger partial charge in [-0.05, 0) is 50.1 Å². The first-order chi connectivity index (χ1) is 15.7. The van der Waals surface area contributed by atoms with Crippen molar-refractivity contribution in [1.29, 1.82) is 0 Å². The second kappa shape index (κ2) is 9.36. The van der Waals surface area contributed by atoms with Crippen molar-refractivity contribution in [2.75, 3.05) is 23.1 Å². The molecule has 174 valence electrons. The molecule has 33 heavy (non-hydrogen) atoms. The largest absolute Gasteiger partial charge is 0.341 e. The third-order valence-corrected chi connectivity index (χ3v) is 7.57. The summed E-state index contributed by atoms with van der Waals surface area (Å²) >= 11 is 1.40. The summed E-state index contributed by atoms with van der Waals surface area (Å²) in [6, 6.07) is 7.92. The molecule has 2 N–H and O–H groups in total. The highest BCUT2D eigenvalue weighted by Crippen LogP contribution is 2.29. The Bertz CT molecular complexity index is 1270. The fourth-order valence-electron chi connectivity index (χ4n) is 3.66. The van der Waals surface area contributed by atoms with Crippen LogP contribution >= 0.6 is 11.3 Å². The van der Waals surface area contributed by atoms with E-state index in [1.807, 2.05) is 12.3 Å². The molecule has 9 nitrogen and oxygen atoms in total. The molecule has 0 atom stereocenters. The van der Waals surface area contributed by atoms with Crippen molar-refractivity contribution in [3.8, 4) is 10.7 Å². The molecule has 0 bridgehead atoms. The molecule has 0 aliphatic carbocycles. The number of nitrogens with zero attached hydrogens (tertiary/aromatic N) is 3. The van der Waals surface area contributed by atoms with Crippen LogP contribution in [0.25, 0.3) is 10.7 Å².